The maximum absolute atomic E-state index is 12.5. The molecular weight excluding hydrogens is 290 g/mol. The molecule has 0 aliphatic heterocycles. The van der Waals surface area contributed by atoms with E-state index in [9.17, 15) is 4.79 Å². The minimum absolute atomic E-state index is 0.115. The molecule has 1 aromatic rings. The Morgan fingerprint density at radius 2 is 1.83 bits per heavy atom. The Kier molecular flexibility index (Phi) is 7.07. The molecule has 0 bridgehead atoms. The first-order valence-electron chi connectivity index (χ1n) is 8.41. The van der Waals surface area contributed by atoms with Gasteiger partial charge in [0.05, 0.1) is 6.10 Å². The summed E-state index contributed by atoms with van der Waals surface area (Å²) in [6.07, 6.45) is 2.70. The van der Waals surface area contributed by atoms with Gasteiger partial charge in [0, 0.05) is 12.8 Å². The molecule has 0 aliphatic rings. The number of aryl methyl sites for hydroxylation is 2. The van der Waals surface area contributed by atoms with Gasteiger partial charge in [0.2, 0.25) is 0 Å². The first kappa shape index (κ1) is 19.5. The number of hydrogen-bond acceptors (Lipinski definition) is 3. The van der Waals surface area contributed by atoms with Gasteiger partial charge in [0.15, 0.2) is 0 Å². The van der Waals surface area contributed by atoms with E-state index in [4.69, 9.17) is 9.47 Å². The zero-order valence-electron chi connectivity index (χ0n) is 15.6. The summed E-state index contributed by atoms with van der Waals surface area (Å²) in [7, 11) is 1.58. The van der Waals surface area contributed by atoms with Crippen LogP contribution in [-0.2, 0) is 9.53 Å². The van der Waals surface area contributed by atoms with E-state index in [1.807, 2.05) is 39.8 Å². The van der Waals surface area contributed by atoms with Crippen molar-refractivity contribution in [3.05, 3.63) is 23.3 Å². The molecule has 4 nitrogen and oxygen atoms in total. The van der Waals surface area contributed by atoms with E-state index in [2.05, 4.69) is 19.2 Å². The Morgan fingerprint density at radius 1 is 1.26 bits per heavy atom. The largest absolute Gasteiger partial charge is 0.490 e. The van der Waals surface area contributed by atoms with Crippen LogP contribution in [-0.4, -0.2) is 24.7 Å². The molecule has 23 heavy (non-hydrogen) atoms. The van der Waals surface area contributed by atoms with Gasteiger partial charge in [-0.3, -0.25) is 4.79 Å². The second-order valence-corrected chi connectivity index (χ2v) is 6.41. The summed E-state index contributed by atoms with van der Waals surface area (Å²) in [5.74, 6) is 0.789. The smallest absolute Gasteiger partial charge is 0.256 e. The average Bonchev–Trinajstić information content (AvgIpc) is 2.50. The van der Waals surface area contributed by atoms with Gasteiger partial charge in [-0.2, -0.15) is 0 Å². The Morgan fingerprint density at radius 3 is 2.26 bits per heavy atom. The fraction of sp³-hybridized carbons (Fsp3) is 0.632. The highest BCUT2D eigenvalue weighted by Gasteiger charge is 2.32. The zero-order valence-corrected chi connectivity index (χ0v) is 15.6. The SMILES string of the molecule is CCC[C@@](C)(OC)C(=O)Nc1cc(C)c(O[C@H](C)CC)c(C)c1. The highest BCUT2D eigenvalue weighted by molar-refractivity contribution is 5.97. The van der Waals surface area contributed by atoms with Crippen LogP contribution in [0.3, 0.4) is 0 Å². The number of hydrogen-bond donors (Lipinski definition) is 1. The molecule has 1 N–H and O–H groups in total. The summed E-state index contributed by atoms with van der Waals surface area (Å²) in [5.41, 5.74) is 2.02. The van der Waals surface area contributed by atoms with Crippen LogP contribution in [0.4, 0.5) is 5.69 Å². The zero-order chi connectivity index (χ0) is 17.6. The summed E-state index contributed by atoms with van der Waals surface area (Å²) in [5, 5.41) is 2.97. The van der Waals surface area contributed by atoms with E-state index in [1.54, 1.807) is 7.11 Å². The maximum atomic E-state index is 12.5. The van der Waals surface area contributed by atoms with Crippen molar-refractivity contribution in [1.29, 1.82) is 0 Å². The molecule has 4 heteroatoms. The lowest BCUT2D eigenvalue weighted by molar-refractivity contribution is -0.136. The molecule has 0 radical (unpaired) electrons. The number of ether oxygens (including phenoxy) is 2. The second kappa shape index (κ2) is 8.34. The molecule has 1 rings (SSSR count). The number of rotatable bonds is 8. The third kappa shape index (κ3) is 4.96. The molecule has 2 atom stereocenters. The van der Waals surface area contributed by atoms with Crippen LogP contribution < -0.4 is 10.1 Å². The van der Waals surface area contributed by atoms with Crippen LogP contribution in [0.25, 0.3) is 0 Å². The summed E-state index contributed by atoms with van der Waals surface area (Å²) >= 11 is 0. The standard InChI is InChI=1S/C19H31NO3/c1-8-10-19(6,22-7)18(21)20-16-11-13(3)17(14(4)12-16)23-15(5)9-2/h11-12,15H,8-10H2,1-7H3,(H,20,21)/t15-,19-/m1/s1. The lowest BCUT2D eigenvalue weighted by Crippen LogP contribution is -2.41. The van der Waals surface area contributed by atoms with Gasteiger partial charge in [0.25, 0.3) is 5.91 Å². The summed E-state index contributed by atoms with van der Waals surface area (Å²) < 4.78 is 11.4. The van der Waals surface area contributed by atoms with Crippen molar-refractivity contribution in [3.63, 3.8) is 0 Å². The number of methoxy groups -OCH3 is 1. The second-order valence-electron chi connectivity index (χ2n) is 6.41. The van der Waals surface area contributed by atoms with Crippen molar-refractivity contribution in [3.8, 4) is 5.75 Å². The molecule has 130 valence electrons. The summed E-state index contributed by atoms with van der Waals surface area (Å²) in [6.45, 7) is 12.0. The van der Waals surface area contributed by atoms with E-state index in [0.29, 0.717) is 6.42 Å². The lowest BCUT2D eigenvalue weighted by atomic mass is 9.99. The molecule has 0 spiro atoms. The van der Waals surface area contributed by atoms with E-state index in [-0.39, 0.29) is 12.0 Å². The van der Waals surface area contributed by atoms with E-state index >= 15 is 0 Å². The summed E-state index contributed by atoms with van der Waals surface area (Å²) in [4.78, 5) is 12.5. The van der Waals surface area contributed by atoms with Gasteiger partial charge in [-0.15, -0.1) is 0 Å². The first-order chi connectivity index (χ1) is 10.8. The molecule has 0 aliphatic carbocycles. The van der Waals surface area contributed by atoms with E-state index < -0.39 is 5.60 Å². The van der Waals surface area contributed by atoms with Crippen molar-refractivity contribution >= 4 is 11.6 Å². The number of amides is 1. The normalized spacial score (nSPS) is 14.9. The van der Waals surface area contributed by atoms with Crippen LogP contribution in [0.1, 0.15) is 58.1 Å². The van der Waals surface area contributed by atoms with Crippen LogP contribution >= 0.6 is 0 Å². The molecule has 1 aromatic carbocycles. The third-order valence-corrected chi connectivity index (χ3v) is 4.27. The topological polar surface area (TPSA) is 47.6 Å². The number of anilines is 1. The molecule has 0 unspecified atom stereocenters. The van der Waals surface area contributed by atoms with Crippen molar-refractivity contribution < 1.29 is 14.3 Å². The number of carbonyl (C=O) groups excluding carboxylic acids is 1. The molecule has 0 fully saturated rings. The van der Waals surface area contributed by atoms with E-state index in [0.717, 1.165) is 35.4 Å². The minimum atomic E-state index is -0.803. The molecule has 0 heterocycles. The Balaban J connectivity index is 2.97. The molecule has 0 saturated carbocycles. The highest BCUT2D eigenvalue weighted by Crippen LogP contribution is 2.29. The van der Waals surface area contributed by atoms with E-state index in [1.165, 1.54) is 0 Å². The van der Waals surface area contributed by atoms with Gasteiger partial charge in [-0.25, -0.2) is 0 Å². The lowest BCUT2D eigenvalue weighted by Gasteiger charge is -2.26. The predicted octanol–water partition coefficient (Wildman–Crippen LogP) is 4.62. The summed E-state index contributed by atoms with van der Waals surface area (Å²) in [6, 6.07) is 3.90. The molecule has 0 saturated heterocycles. The quantitative estimate of drug-likeness (QED) is 0.759. The van der Waals surface area contributed by atoms with Gasteiger partial charge in [-0.1, -0.05) is 20.3 Å². The predicted molar refractivity (Wildman–Crippen MR) is 95.2 cm³/mol. The molecule has 1 amide bonds. The van der Waals surface area contributed by atoms with Gasteiger partial charge in [-0.05, 0) is 63.8 Å². The van der Waals surface area contributed by atoms with Crippen LogP contribution in [0, 0.1) is 13.8 Å². The molecule has 0 aromatic heterocycles. The Bertz CT molecular complexity index is 518. The van der Waals surface area contributed by atoms with Crippen LogP contribution in [0.5, 0.6) is 5.75 Å². The number of carbonyl (C=O) groups is 1. The van der Waals surface area contributed by atoms with Crippen molar-refractivity contribution in [2.24, 2.45) is 0 Å². The fourth-order valence-corrected chi connectivity index (χ4v) is 2.54. The highest BCUT2D eigenvalue weighted by atomic mass is 16.5. The van der Waals surface area contributed by atoms with Crippen LogP contribution in [0.2, 0.25) is 0 Å². The fourth-order valence-electron chi connectivity index (χ4n) is 2.54. The Hall–Kier alpha value is -1.55. The van der Waals surface area contributed by atoms with Crippen LogP contribution in [0.15, 0.2) is 12.1 Å². The van der Waals surface area contributed by atoms with Gasteiger partial charge >= 0.3 is 0 Å². The maximum Gasteiger partial charge on any atom is 0.256 e. The molecular formula is C19H31NO3. The van der Waals surface area contributed by atoms with Gasteiger partial charge in [0.1, 0.15) is 11.4 Å². The Labute approximate surface area is 140 Å². The number of benzene rings is 1. The first-order valence-corrected chi connectivity index (χ1v) is 8.41. The monoisotopic (exact) mass is 321 g/mol. The van der Waals surface area contributed by atoms with Crippen molar-refractivity contribution in [2.45, 2.75) is 72.5 Å². The number of nitrogens with one attached hydrogen (secondary N) is 1. The van der Waals surface area contributed by atoms with Gasteiger partial charge < -0.3 is 14.8 Å². The minimum Gasteiger partial charge on any atom is -0.490 e. The van der Waals surface area contributed by atoms with Crippen molar-refractivity contribution in [2.75, 3.05) is 12.4 Å². The third-order valence-electron chi connectivity index (χ3n) is 4.27. The van der Waals surface area contributed by atoms with Crippen molar-refractivity contribution in [1.82, 2.24) is 0 Å². The average molecular weight is 321 g/mol.